The molecule has 1 saturated carbocycles. The van der Waals surface area contributed by atoms with Crippen LogP contribution in [-0.4, -0.2) is 42.5 Å². The molecule has 5 heteroatoms. The van der Waals surface area contributed by atoms with Gasteiger partial charge in [0.05, 0.1) is 6.10 Å². The van der Waals surface area contributed by atoms with Crippen molar-refractivity contribution in [3.05, 3.63) is 0 Å². The number of aliphatic hydroxyl groups is 1. The summed E-state index contributed by atoms with van der Waals surface area (Å²) in [5.74, 6) is 1.27. The summed E-state index contributed by atoms with van der Waals surface area (Å²) in [5, 5.41) is 16.0. The number of amides is 1. The van der Waals surface area contributed by atoms with Crippen LogP contribution in [0.3, 0.4) is 0 Å². The monoisotopic (exact) mass is 300 g/mol. The lowest BCUT2D eigenvalue weighted by Crippen LogP contribution is -2.41. The van der Waals surface area contributed by atoms with Crippen molar-refractivity contribution in [3.8, 4) is 0 Å². The van der Waals surface area contributed by atoms with E-state index in [0.717, 1.165) is 19.4 Å². The van der Waals surface area contributed by atoms with Gasteiger partial charge < -0.3 is 20.5 Å². The quantitative estimate of drug-likeness (QED) is 0.642. The van der Waals surface area contributed by atoms with E-state index < -0.39 is 5.60 Å². The smallest absolute Gasteiger partial charge is 0.407 e. The normalized spacial score (nSPS) is 18.4. The minimum atomic E-state index is -0.468. The number of hydrogen-bond donors (Lipinski definition) is 3. The maximum absolute atomic E-state index is 11.7. The van der Waals surface area contributed by atoms with Crippen LogP contribution in [0.4, 0.5) is 4.79 Å². The molecule has 1 rings (SSSR count). The van der Waals surface area contributed by atoms with E-state index in [0.29, 0.717) is 30.8 Å². The highest BCUT2D eigenvalue weighted by atomic mass is 16.6. The zero-order valence-corrected chi connectivity index (χ0v) is 14.1. The van der Waals surface area contributed by atoms with E-state index in [1.54, 1.807) is 0 Å². The highest BCUT2D eigenvalue weighted by Crippen LogP contribution is 2.32. The molecule has 5 nitrogen and oxygen atoms in total. The van der Waals surface area contributed by atoms with Gasteiger partial charge in [0.15, 0.2) is 0 Å². The maximum Gasteiger partial charge on any atom is 0.407 e. The molecule has 1 aliphatic rings. The van der Waals surface area contributed by atoms with Gasteiger partial charge in [-0.2, -0.15) is 0 Å². The van der Waals surface area contributed by atoms with E-state index in [1.807, 2.05) is 20.8 Å². The molecule has 0 heterocycles. The standard InChI is InChI=1S/C16H32N2O3/c1-11(2)13(8-17-10-14(19)12-6-7-12)9-18-15(20)21-16(3,4)5/h11-14,17,19H,6-10H2,1-5H3,(H,18,20). The Morgan fingerprint density at radius 2 is 1.86 bits per heavy atom. The predicted octanol–water partition coefficient (Wildman–Crippen LogP) is 2.14. The first-order chi connectivity index (χ1) is 9.69. The Morgan fingerprint density at radius 1 is 1.24 bits per heavy atom. The SMILES string of the molecule is CC(C)C(CNCC(O)C1CC1)CNC(=O)OC(C)(C)C. The molecular formula is C16H32N2O3. The van der Waals surface area contributed by atoms with Gasteiger partial charge in [-0.05, 0) is 57.9 Å². The number of carbonyl (C=O) groups is 1. The van der Waals surface area contributed by atoms with Crippen molar-refractivity contribution in [3.63, 3.8) is 0 Å². The van der Waals surface area contributed by atoms with Crippen LogP contribution in [-0.2, 0) is 4.74 Å². The fourth-order valence-electron chi connectivity index (χ4n) is 2.14. The van der Waals surface area contributed by atoms with E-state index >= 15 is 0 Å². The Balaban J connectivity index is 2.24. The van der Waals surface area contributed by atoms with Crippen LogP contribution in [0, 0.1) is 17.8 Å². The Bertz CT molecular complexity index is 322. The number of rotatable bonds is 8. The van der Waals surface area contributed by atoms with Crippen LogP contribution in [0.25, 0.3) is 0 Å². The summed E-state index contributed by atoms with van der Waals surface area (Å²) in [6.07, 6.45) is 1.70. The average molecular weight is 300 g/mol. The van der Waals surface area contributed by atoms with E-state index in [-0.39, 0.29) is 12.2 Å². The Labute approximate surface area is 128 Å². The Kier molecular flexibility index (Phi) is 6.94. The molecule has 0 saturated heterocycles. The molecule has 0 aliphatic heterocycles. The second-order valence-corrected chi connectivity index (χ2v) is 7.45. The minimum absolute atomic E-state index is 0.225. The van der Waals surface area contributed by atoms with Gasteiger partial charge in [-0.25, -0.2) is 4.79 Å². The predicted molar refractivity (Wildman–Crippen MR) is 84.2 cm³/mol. The van der Waals surface area contributed by atoms with Gasteiger partial charge in [-0.15, -0.1) is 0 Å². The summed E-state index contributed by atoms with van der Waals surface area (Å²) in [6.45, 7) is 11.9. The van der Waals surface area contributed by atoms with Crippen LogP contribution in [0.5, 0.6) is 0 Å². The molecule has 21 heavy (non-hydrogen) atoms. The first-order valence-electron chi connectivity index (χ1n) is 8.04. The lowest BCUT2D eigenvalue weighted by Gasteiger charge is -2.24. The van der Waals surface area contributed by atoms with Crippen molar-refractivity contribution in [2.24, 2.45) is 17.8 Å². The van der Waals surface area contributed by atoms with Gasteiger partial charge in [-0.1, -0.05) is 13.8 Å². The number of aliphatic hydroxyl groups excluding tert-OH is 1. The van der Waals surface area contributed by atoms with Crippen LogP contribution in [0.15, 0.2) is 0 Å². The highest BCUT2D eigenvalue weighted by Gasteiger charge is 2.29. The molecular weight excluding hydrogens is 268 g/mol. The molecule has 0 radical (unpaired) electrons. The summed E-state index contributed by atoms with van der Waals surface area (Å²) < 4.78 is 5.24. The van der Waals surface area contributed by atoms with Crippen LogP contribution < -0.4 is 10.6 Å². The third kappa shape index (κ3) is 8.27. The number of hydrogen-bond acceptors (Lipinski definition) is 4. The summed E-state index contributed by atoms with van der Waals surface area (Å²) in [7, 11) is 0. The molecule has 1 aliphatic carbocycles. The zero-order valence-electron chi connectivity index (χ0n) is 14.1. The number of carbonyl (C=O) groups excluding carboxylic acids is 1. The second-order valence-electron chi connectivity index (χ2n) is 7.45. The molecule has 0 aromatic rings. The van der Waals surface area contributed by atoms with Gasteiger partial charge >= 0.3 is 6.09 Å². The summed E-state index contributed by atoms with van der Waals surface area (Å²) >= 11 is 0. The van der Waals surface area contributed by atoms with Gasteiger partial charge in [0.1, 0.15) is 5.60 Å². The maximum atomic E-state index is 11.7. The Morgan fingerprint density at radius 3 is 2.33 bits per heavy atom. The van der Waals surface area contributed by atoms with E-state index in [4.69, 9.17) is 4.74 Å². The van der Waals surface area contributed by atoms with E-state index in [2.05, 4.69) is 24.5 Å². The Hall–Kier alpha value is -0.810. The first kappa shape index (κ1) is 18.2. The number of nitrogens with one attached hydrogen (secondary N) is 2. The van der Waals surface area contributed by atoms with Crippen LogP contribution >= 0.6 is 0 Å². The summed E-state index contributed by atoms with van der Waals surface area (Å²) in [5.41, 5.74) is -0.468. The molecule has 3 N–H and O–H groups in total. The van der Waals surface area contributed by atoms with E-state index in [1.165, 1.54) is 0 Å². The molecule has 1 fully saturated rings. The lowest BCUT2D eigenvalue weighted by atomic mass is 9.95. The molecule has 124 valence electrons. The largest absolute Gasteiger partial charge is 0.444 e. The minimum Gasteiger partial charge on any atom is -0.444 e. The average Bonchev–Trinajstić information content (AvgIpc) is 3.14. The molecule has 1 amide bonds. The van der Waals surface area contributed by atoms with Crippen molar-refractivity contribution in [1.29, 1.82) is 0 Å². The van der Waals surface area contributed by atoms with Gasteiger partial charge in [-0.3, -0.25) is 0 Å². The molecule has 0 spiro atoms. The van der Waals surface area contributed by atoms with Crippen molar-refractivity contribution in [2.75, 3.05) is 19.6 Å². The van der Waals surface area contributed by atoms with Crippen LogP contribution in [0.2, 0.25) is 0 Å². The second kappa shape index (κ2) is 7.99. The van der Waals surface area contributed by atoms with Crippen molar-refractivity contribution in [1.82, 2.24) is 10.6 Å². The van der Waals surface area contributed by atoms with E-state index in [9.17, 15) is 9.90 Å². The third-order valence-corrected chi connectivity index (χ3v) is 3.78. The van der Waals surface area contributed by atoms with Crippen molar-refractivity contribution in [2.45, 2.75) is 59.2 Å². The fourth-order valence-corrected chi connectivity index (χ4v) is 2.14. The lowest BCUT2D eigenvalue weighted by molar-refractivity contribution is 0.0514. The van der Waals surface area contributed by atoms with Crippen molar-refractivity contribution < 1.29 is 14.6 Å². The fraction of sp³-hybridized carbons (Fsp3) is 0.938. The third-order valence-electron chi connectivity index (χ3n) is 3.78. The van der Waals surface area contributed by atoms with Crippen LogP contribution in [0.1, 0.15) is 47.5 Å². The summed E-state index contributed by atoms with van der Waals surface area (Å²) in [4.78, 5) is 11.7. The first-order valence-corrected chi connectivity index (χ1v) is 8.04. The van der Waals surface area contributed by atoms with Gasteiger partial charge in [0, 0.05) is 13.1 Å². The highest BCUT2D eigenvalue weighted by molar-refractivity contribution is 5.67. The van der Waals surface area contributed by atoms with Gasteiger partial charge in [0.25, 0.3) is 0 Å². The molecule has 0 bridgehead atoms. The zero-order chi connectivity index (χ0) is 16.0. The molecule has 2 unspecified atom stereocenters. The molecule has 2 atom stereocenters. The number of alkyl carbamates (subject to hydrolysis) is 1. The molecule has 0 aromatic heterocycles. The summed E-state index contributed by atoms with van der Waals surface area (Å²) in [6, 6.07) is 0. The number of ether oxygens (including phenoxy) is 1. The topological polar surface area (TPSA) is 70.6 Å². The van der Waals surface area contributed by atoms with Gasteiger partial charge in [0.2, 0.25) is 0 Å². The molecule has 0 aromatic carbocycles. The van der Waals surface area contributed by atoms with Crippen molar-refractivity contribution >= 4 is 6.09 Å².